The molecule has 0 radical (unpaired) electrons. The Hall–Kier alpha value is -5.53. The molecule has 0 aromatic rings. The van der Waals surface area contributed by atoms with E-state index in [1.165, 1.54) is 263 Å². The van der Waals surface area contributed by atoms with Crippen LogP contribution in [0, 0.1) is 11.8 Å². The molecule has 0 spiro atoms. The zero-order valence-corrected chi connectivity index (χ0v) is 72.9. The first-order valence-corrected chi connectivity index (χ1v) is 44.1. The smallest absolute Gasteiger partial charge is 0.333 e. The van der Waals surface area contributed by atoms with Crippen LogP contribution in [-0.4, -0.2) is 81.0 Å². The minimum absolute atomic E-state index is 0.186. The monoisotopic (exact) mass is 1540 g/mol. The van der Waals surface area contributed by atoms with Gasteiger partial charge in [-0.25, -0.2) is 33.6 Å². The summed E-state index contributed by atoms with van der Waals surface area (Å²) in [5, 5.41) is 0. The predicted molar refractivity (Wildman–Crippen MR) is 452 cm³/mol. The number of hydrogen-bond acceptors (Lipinski definition) is 14. The molecule has 14 heteroatoms. The normalized spacial score (nSPS) is 21.4. The molecule has 14 nitrogen and oxygen atoms in total. The maximum absolute atomic E-state index is 12.1. The molecule has 0 unspecified atom stereocenters. The van der Waals surface area contributed by atoms with E-state index in [0.29, 0.717) is 45.3 Å². The molecule has 0 atom stereocenters. The van der Waals surface area contributed by atoms with Crippen molar-refractivity contribution in [1.82, 2.24) is 0 Å². The Bertz CT molecular complexity index is 2770. The van der Waals surface area contributed by atoms with Gasteiger partial charge in [-0.05, 0) is 281 Å². The summed E-state index contributed by atoms with van der Waals surface area (Å²) in [6, 6.07) is 0. The van der Waals surface area contributed by atoms with E-state index in [1.54, 1.807) is 41.5 Å². The fourth-order valence-corrected chi connectivity index (χ4v) is 16.8. The van der Waals surface area contributed by atoms with Crippen LogP contribution in [0.4, 0.5) is 0 Å². The van der Waals surface area contributed by atoms with Crippen LogP contribution in [0.5, 0.6) is 0 Å². The van der Waals surface area contributed by atoms with Crippen molar-refractivity contribution in [2.24, 2.45) is 11.8 Å². The molecule has 0 aromatic carbocycles. The van der Waals surface area contributed by atoms with Gasteiger partial charge in [-0.3, -0.25) is 0 Å². The number of esters is 7. The van der Waals surface area contributed by atoms with Crippen molar-refractivity contribution < 1.29 is 66.7 Å². The zero-order chi connectivity index (χ0) is 82.3. The Morgan fingerprint density at radius 2 is 0.473 bits per heavy atom. The lowest BCUT2D eigenvalue weighted by molar-refractivity contribution is -0.172. The molecule has 0 N–H and O–H groups in total. The molecule has 8 saturated carbocycles. The fraction of sp³-hybridized carbons (Fsp3) is 0.781. The zero-order valence-electron chi connectivity index (χ0n) is 72.9. The Morgan fingerprint density at radius 1 is 0.291 bits per heavy atom. The van der Waals surface area contributed by atoms with Gasteiger partial charge in [0, 0.05) is 39.5 Å². The third kappa shape index (κ3) is 42.0. The Balaban J connectivity index is 0.000000438. The first-order chi connectivity index (χ1) is 51.9. The molecule has 8 fully saturated rings. The molecule has 8 aliphatic rings. The summed E-state index contributed by atoms with van der Waals surface area (Å²) in [4.78, 5) is 80.7. The number of ether oxygens (including phenoxy) is 7. The molecule has 8 aliphatic carbocycles. The van der Waals surface area contributed by atoms with E-state index in [1.807, 2.05) is 20.8 Å². The highest BCUT2D eigenvalue weighted by molar-refractivity contribution is 5.89. The van der Waals surface area contributed by atoms with Gasteiger partial charge >= 0.3 is 41.8 Å². The molecular weight excluding hydrogens is 1380 g/mol. The number of hydrogen-bond donors (Lipinski definition) is 0. The van der Waals surface area contributed by atoms with E-state index in [9.17, 15) is 33.6 Å². The minimum atomic E-state index is -0.288. The topological polar surface area (TPSA) is 184 Å². The van der Waals surface area contributed by atoms with E-state index in [0.717, 1.165) is 83.5 Å². The second-order valence-corrected chi connectivity index (χ2v) is 35.9. The maximum Gasteiger partial charge on any atom is 0.333 e. The minimum Gasteiger partial charge on any atom is -0.456 e. The second-order valence-electron chi connectivity index (χ2n) is 35.9. The summed E-state index contributed by atoms with van der Waals surface area (Å²) in [6.07, 6.45) is 64.3. The van der Waals surface area contributed by atoms with Crippen molar-refractivity contribution in [1.29, 1.82) is 0 Å². The average Bonchev–Trinajstić information content (AvgIpc) is 0.860. The van der Waals surface area contributed by atoms with Gasteiger partial charge in [0.25, 0.3) is 0 Å². The third-order valence-electron chi connectivity index (χ3n) is 24.4. The molecule has 0 bridgehead atoms. The Morgan fingerprint density at radius 3 is 0.682 bits per heavy atom. The molecular formula is C96H162O14. The number of rotatable bonds is 17. The summed E-state index contributed by atoms with van der Waals surface area (Å²) >= 11 is 0. The highest BCUT2D eigenvalue weighted by Gasteiger charge is 2.46. The fourth-order valence-electron chi connectivity index (χ4n) is 16.8. The first-order valence-electron chi connectivity index (χ1n) is 44.1. The van der Waals surface area contributed by atoms with Crippen LogP contribution in [0.25, 0.3) is 0 Å². The van der Waals surface area contributed by atoms with Crippen LogP contribution >= 0.6 is 0 Å². The lowest BCUT2D eigenvalue weighted by Crippen LogP contribution is -2.48. The Kier molecular flexibility index (Phi) is 48.9. The van der Waals surface area contributed by atoms with E-state index >= 15 is 0 Å². The predicted octanol–water partition coefficient (Wildman–Crippen LogP) is 26.7. The summed E-state index contributed by atoms with van der Waals surface area (Å²) in [7, 11) is 0. The largest absolute Gasteiger partial charge is 0.456 e. The third-order valence-corrected chi connectivity index (χ3v) is 24.4. The van der Waals surface area contributed by atoms with E-state index in [-0.39, 0.29) is 81.0 Å². The molecule has 0 heterocycles. The molecule has 0 amide bonds. The summed E-state index contributed by atoms with van der Waals surface area (Å²) in [5.74, 6) is -0.565. The van der Waals surface area contributed by atoms with Crippen LogP contribution in [0.3, 0.4) is 0 Å². The van der Waals surface area contributed by atoms with Crippen molar-refractivity contribution in [3.05, 3.63) is 85.6 Å². The second kappa shape index (κ2) is 53.5. The van der Waals surface area contributed by atoms with E-state index < -0.39 is 0 Å². The average molecular weight is 1540 g/mol. The number of carbonyl (C=O) groups excluding carboxylic acids is 7. The molecule has 0 saturated heterocycles. The van der Waals surface area contributed by atoms with Crippen LogP contribution in [0.2, 0.25) is 0 Å². The first kappa shape index (κ1) is 101. The SMILES string of the molecule is C=C(C)C(=O)OC(C)(C1CCCCC1)C1CCCCC1.C=C(C)C(=O)OC1(C)CCCCC1.C=C(C)C(=O)OC1(C)CCCCCC1.C=C(C)C(=O)OC1(C)CCCCCCCCC1.C=C(C)C(=O)OC1(C)CCCCCCCCCCC1.C=C(C)C(=O)OC1(CC)CCCCC1.C=CC(=O)OC1(C)CCCCCC1. The van der Waals surface area contributed by atoms with Crippen molar-refractivity contribution in [2.75, 3.05) is 0 Å². The van der Waals surface area contributed by atoms with Crippen molar-refractivity contribution in [2.45, 2.75) is 470 Å². The van der Waals surface area contributed by atoms with Gasteiger partial charge in [0.15, 0.2) is 0 Å². The van der Waals surface area contributed by atoms with Crippen molar-refractivity contribution in [3.63, 3.8) is 0 Å². The number of carbonyl (C=O) groups is 7. The lowest BCUT2D eigenvalue weighted by Gasteiger charge is -2.46. The maximum atomic E-state index is 12.1. The van der Waals surface area contributed by atoms with Crippen LogP contribution in [0.1, 0.15) is 430 Å². The molecule has 8 rings (SSSR count). The van der Waals surface area contributed by atoms with Gasteiger partial charge in [0.1, 0.15) is 39.2 Å². The summed E-state index contributed by atoms with van der Waals surface area (Å²) in [5.41, 5.74) is 1.32. The molecule has 110 heavy (non-hydrogen) atoms. The van der Waals surface area contributed by atoms with Gasteiger partial charge in [-0.15, -0.1) is 0 Å². The van der Waals surface area contributed by atoms with Gasteiger partial charge in [0.05, 0.1) is 0 Å². The van der Waals surface area contributed by atoms with E-state index in [2.05, 4.69) is 73.7 Å². The Labute approximate surface area is 671 Å². The van der Waals surface area contributed by atoms with Crippen LogP contribution in [0.15, 0.2) is 85.6 Å². The summed E-state index contributed by atoms with van der Waals surface area (Å²) < 4.78 is 39.2. The van der Waals surface area contributed by atoms with Gasteiger partial charge in [-0.1, -0.05) is 207 Å². The van der Waals surface area contributed by atoms with E-state index in [4.69, 9.17) is 33.2 Å². The van der Waals surface area contributed by atoms with Crippen LogP contribution < -0.4 is 0 Å². The van der Waals surface area contributed by atoms with Gasteiger partial charge in [0.2, 0.25) is 0 Å². The van der Waals surface area contributed by atoms with Crippen molar-refractivity contribution in [3.8, 4) is 0 Å². The van der Waals surface area contributed by atoms with Crippen molar-refractivity contribution >= 4 is 41.8 Å². The molecule has 630 valence electrons. The lowest BCUT2D eigenvalue weighted by atomic mass is 9.67. The summed E-state index contributed by atoms with van der Waals surface area (Å²) in [6.45, 7) is 50.1. The van der Waals surface area contributed by atoms with Gasteiger partial charge in [-0.2, -0.15) is 0 Å². The quantitative estimate of drug-likeness (QED) is 0.0580. The highest BCUT2D eigenvalue weighted by atomic mass is 16.6. The molecule has 0 aliphatic heterocycles. The molecule has 0 aromatic heterocycles. The van der Waals surface area contributed by atoms with Crippen LogP contribution in [-0.2, 0) is 66.7 Å². The van der Waals surface area contributed by atoms with Gasteiger partial charge < -0.3 is 33.2 Å². The standard InChI is InChI=1S/C18H30O2.C17H30O2.C15H26O2.2C12H20O2.2C11H18O2/c1-14(2)17(19)20-18(3,15-10-6-4-7-11-15)16-12-8-5-9-13-16;1-15(2)16(18)19-17(3)13-11-9-7-5-4-6-8-10-12-14-17;1-13(2)14(16)17-15(3)11-9-7-5-4-6-8-10-12-15;1-10(2)11(13)14-12(3)8-6-4-5-7-9-12;1-4-12(8-6-5-7-9-12)14-11(13)10(2)3;1-9(2)10(12)13-11(3)7-5-4-6-8-11;1-3-10(12)13-11(2)8-6-4-5-7-9-11/h15-16H,1,4-13H2,2-3H3;1,4-14H2,2-3H3;1,4-12H2,2-3H3;1,4-9H2,2-3H3;2,4-9H2,1,3H3;1,4-8H2,2-3H3;3H,1,4-9H2,2H3. The highest BCUT2D eigenvalue weighted by Crippen LogP contribution is 2.46.